The maximum Gasteiger partial charge on any atom is 0.217 e. The summed E-state index contributed by atoms with van der Waals surface area (Å²) in [4.78, 5) is 21.2. The van der Waals surface area contributed by atoms with E-state index in [0.29, 0.717) is 6.29 Å². The lowest BCUT2D eigenvalue weighted by atomic mass is 10.00. The standard InChI is InChI=1S/C8H16N2O5/c1-4(13)10-5(2-11)7(9)8(15)6(14)3-12/h2,5-8,12,14-15H,3,9H2,1H3,(H,10,13)/t5-,6+,7+,8+/m0/s1. The average Bonchev–Trinajstić information content (AvgIpc) is 2.22. The van der Waals surface area contributed by atoms with Crippen LogP contribution in [0.2, 0.25) is 0 Å². The van der Waals surface area contributed by atoms with Gasteiger partial charge in [0.2, 0.25) is 5.91 Å². The number of carbonyl (C=O) groups is 2. The third kappa shape index (κ3) is 4.34. The smallest absolute Gasteiger partial charge is 0.217 e. The molecule has 0 saturated heterocycles. The summed E-state index contributed by atoms with van der Waals surface area (Å²) in [5.41, 5.74) is 5.43. The molecule has 0 aliphatic carbocycles. The molecule has 4 atom stereocenters. The molecule has 6 N–H and O–H groups in total. The molecule has 0 spiro atoms. The lowest BCUT2D eigenvalue weighted by Gasteiger charge is -2.26. The second-order valence-electron chi connectivity index (χ2n) is 3.18. The maximum atomic E-state index is 10.7. The minimum atomic E-state index is -1.49. The summed E-state index contributed by atoms with van der Waals surface area (Å²) >= 11 is 0. The number of hydrogen-bond acceptors (Lipinski definition) is 6. The van der Waals surface area contributed by atoms with E-state index in [1.165, 1.54) is 6.92 Å². The number of rotatable bonds is 6. The summed E-state index contributed by atoms with van der Waals surface area (Å²) in [5.74, 6) is -0.478. The van der Waals surface area contributed by atoms with Crippen LogP contribution < -0.4 is 11.1 Å². The van der Waals surface area contributed by atoms with Gasteiger partial charge >= 0.3 is 0 Å². The molecular formula is C8H16N2O5. The van der Waals surface area contributed by atoms with Crippen molar-refractivity contribution in [2.24, 2.45) is 5.73 Å². The highest BCUT2D eigenvalue weighted by Crippen LogP contribution is 2.01. The molecule has 15 heavy (non-hydrogen) atoms. The number of carbonyl (C=O) groups excluding carboxylic acids is 2. The summed E-state index contributed by atoms with van der Waals surface area (Å²) in [5, 5.41) is 29.2. The van der Waals surface area contributed by atoms with Crippen LogP contribution in [0.4, 0.5) is 0 Å². The zero-order valence-electron chi connectivity index (χ0n) is 8.33. The molecule has 88 valence electrons. The number of aliphatic hydroxyl groups excluding tert-OH is 3. The molecule has 0 aliphatic rings. The van der Waals surface area contributed by atoms with Crippen molar-refractivity contribution in [2.45, 2.75) is 31.2 Å². The molecule has 0 unspecified atom stereocenters. The Hall–Kier alpha value is -1.02. The topological polar surface area (TPSA) is 133 Å². The predicted octanol–water partition coefficient (Wildman–Crippen LogP) is -3.27. The number of aliphatic hydroxyl groups is 3. The number of nitrogens with two attached hydrogens (primary N) is 1. The zero-order chi connectivity index (χ0) is 12.0. The second-order valence-corrected chi connectivity index (χ2v) is 3.18. The van der Waals surface area contributed by atoms with Crippen molar-refractivity contribution in [3.05, 3.63) is 0 Å². The largest absolute Gasteiger partial charge is 0.394 e. The van der Waals surface area contributed by atoms with Gasteiger partial charge in [0, 0.05) is 6.92 Å². The van der Waals surface area contributed by atoms with Gasteiger partial charge in [-0.15, -0.1) is 0 Å². The first-order valence-corrected chi connectivity index (χ1v) is 4.39. The molecule has 0 fully saturated rings. The van der Waals surface area contributed by atoms with Crippen molar-refractivity contribution in [2.75, 3.05) is 6.61 Å². The van der Waals surface area contributed by atoms with Gasteiger partial charge in [0.05, 0.1) is 18.8 Å². The molecule has 0 aromatic heterocycles. The Kier molecular flexibility index (Phi) is 6.02. The van der Waals surface area contributed by atoms with E-state index in [1.807, 2.05) is 0 Å². The summed E-state index contributed by atoms with van der Waals surface area (Å²) in [6.07, 6.45) is -2.58. The van der Waals surface area contributed by atoms with Crippen molar-refractivity contribution in [3.63, 3.8) is 0 Å². The summed E-state index contributed by atoms with van der Waals surface area (Å²) < 4.78 is 0. The van der Waals surface area contributed by atoms with Gasteiger partial charge < -0.3 is 31.2 Å². The highest BCUT2D eigenvalue weighted by Gasteiger charge is 2.29. The number of nitrogens with one attached hydrogen (secondary N) is 1. The van der Waals surface area contributed by atoms with Crippen LogP contribution in [0.25, 0.3) is 0 Å². The lowest BCUT2D eigenvalue weighted by Crippen LogP contribution is -2.57. The Morgan fingerprint density at radius 3 is 2.40 bits per heavy atom. The molecule has 0 bridgehead atoms. The SMILES string of the molecule is CC(=O)N[C@@H](C=O)[C@@H](N)[C@H](O)[C@H](O)CO. The Bertz CT molecular complexity index is 223. The van der Waals surface area contributed by atoms with E-state index in [9.17, 15) is 14.7 Å². The molecular weight excluding hydrogens is 204 g/mol. The van der Waals surface area contributed by atoms with Gasteiger partial charge in [0.25, 0.3) is 0 Å². The van der Waals surface area contributed by atoms with Crippen LogP contribution in [0, 0.1) is 0 Å². The van der Waals surface area contributed by atoms with E-state index < -0.39 is 36.8 Å². The van der Waals surface area contributed by atoms with Crippen LogP contribution in [-0.4, -0.2) is 58.4 Å². The summed E-state index contributed by atoms with van der Waals surface area (Å²) in [6, 6.07) is -2.27. The van der Waals surface area contributed by atoms with Crippen LogP contribution in [0.15, 0.2) is 0 Å². The van der Waals surface area contributed by atoms with Crippen LogP contribution in [-0.2, 0) is 9.59 Å². The van der Waals surface area contributed by atoms with Gasteiger partial charge in [-0.05, 0) is 0 Å². The Balaban J connectivity index is 4.42. The molecule has 0 rings (SSSR count). The zero-order valence-corrected chi connectivity index (χ0v) is 8.33. The first kappa shape index (κ1) is 14.0. The van der Waals surface area contributed by atoms with Gasteiger partial charge in [0.1, 0.15) is 18.4 Å². The molecule has 7 nitrogen and oxygen atoms in total. The molecule has 0 aromatic rings. The van der Waals surface area contributed by atoms with Gasteiger partial charge in [0.15, 0.2) is 0 Å². The van der Waals surface area contributed by atoms with Crippen LogP contribution in [0.3, 0.4) is 0 Å². The summed E-state index contributed by atoms with van der Waals surface area (Å²) in [6.45, 7) is 0.512. The van der Waals surface area contributed by atoms with Crippen LogP contribution in [0.5, 0.6) is 0 Å². The van der Waals surface area contributed by atoms with E-state index in [-0.39, 0.29) is 0 Å². The van der Waals surface area contributed by atoms with E-state index in [2.05, 4.69) is 5.32 Å². The van der Waals surface area contributed by atoms with Crippen molar-refractivity contribution >= 4 is 12.2 Å². The molecule has 1 amide bonds. The minimum absolute atomic E-state index is 0.360. The Morgan fingerprint density at radius 1 is 1.53 bits per heavy atom. The summed E-state index contributed by atoms with van der Waals surface area (Å²) in [7, 11) is 0. The van der Waals surface area contributed by atoms with Crippen molar-refractivity contribution < 1.29 is 24.9 Å². The van der Waals surface area contributed by atoms with E-state index >= 15 is 0 Å². The predicted molar refractivity (Wildman–Crippen MR) is 50.7 cm³/mol. The van der Waals surface area contributed by atoms with E-state index in [0.717, 1.165) is 0 Å². The molecule has 7 heteroatoms. The Morgan fingerprint density at radius 2 is 2.07 bits per heavy atom. The van der Waals surface area contributed by atoms with Gasteiger partial charge in [-0.1, -0.05) is 0 Å². The number of amides is 1. The first-order valence-electron chi connectivity index (χ1n) is 4.39. The first-order chi connectivity index (χ1) is 6.93. The average molecular weight is 220 g/mol. The van der Waals surface area contributed by atoms with Crippen LogP contribution >= 0.6 is 0 Å². The van der Waals surface area contributed by atoms with Gasteiger partial charge in [-0.3, -0.25) is 4.79 Å². The lowest BCUT2D eigenvalue weighted by molar-refractivity contribution is -0.123. The monoisotopic (exact) mass is 220 g/mol. The van der Waals surface area contributed by atoms with Gasteiger partial charge in [-0.25, -0.2) is 0 Å². The van der Waals surface area contributed by atoms with Crippen LogP contribution in [0.1, 0.15) is 6.92 Å². The fraction of sp³-hybridized carbons (Fsp3) is 0.750. The fourth-order valence-electron chi connectivity index (χ4n) is 1.03. The molecule has 0 radical (unpaired) electrons. The third-order valence-electron chi connectivity index (χ3n) is 1.91. The second kappa shape index (κ2) is 6.46. The molecule has 0 saturated carbocycles. The van der Waals surface area contributed by atoms with E-state index in [4.69, 9.17) is 15.9 Å². The minimum Gasteiger partial charge on any atom is -0.394 e. The normalized spacial score (nSPS) is 18.7. The molecule has 0 aromatic carbocycles. The van der Waals surface area contributed by atoms with Crippen molar-refractivity contribution in [1.29, 1.82) is 0 Å². The number of aldehydes is 1. The highest BCUT2D eigenvalue weighted by atomic mass is 16.4. The van der Waals surface area contributed by atoms with Crippen molar-refractivity contribution in [1.82, 2.24) is 5.32 Å². The maximum absolute atomic E-state index is 10.7. The van der Waals surface area contributed by atoms with E-state index in [1.54, 1.807) is 0 Å². The third-order valence-corrected chi connectivity index (χ3v) is 1.91. The molecule has 0 heterocycles. The Labute approximate surface area is 86.9 Å². The van der Waals surface area contributed by atoms with Gasteiger partial charge in [-0.2, -0.15) is 0 Å². The van der Waals surface area contributed by atoms with Crippen molar-refractivity contribution in [3.8, 4) is 0 Å². The molecule has 0 aliphatic heterocycles. The highest BCUT2D eigenvalue weighted by molar-refractivity contribution is 5.77. The fourth-order valence-corrected chi connectivity index (χ4v) is 1.03. The number of hydrogen-bond donors (Lipinski definition) is 5. The quantitative estimate of drug-likeness (QED) is 0.298.